The quantitative estimate of drug-likeness (QED) is 0.861. The molecule has 2 nitrogen and oxygen atoms in total. The number of hydrogen-bond donors (Lipinski definition) is 1. The number of halogens is 3. The van der Waals surface area contributed by atoms with Gasteiger partial charge in [0.25, 0.3) is 0 Å². The van der Waals surface area contributed by atoms with Crippen LogP contribution in [-0.2, 0) is 6.61 Å². The molecule has 0 radical (unpaired) electrons. The molecule has 2 N–H and O–H groups in total. The van der Waals surface area contributed by atoms with E-state index in [0.717, 1.165) is 6.07 Å². The summed E-state index contributed by atoms with van der Waals surface area (Å²) in [5.41, 5.74) is 6.56. The maximum Gasteiger partial charge on any atom is 0.141 e. The highest BCUT2D eigenvalue weighted by Gasteiger charge is 2.06. The van der Waals surface area contributed by atoms with Crippen molar-refractivity contribution in [1.29, 1.82) is 0 Å². The average molecular weight is 270 g/mol. The summed E-state index contributed by atoms with van der Waals surface area (Å²) in [5, 5.41) is 0.284. The fraction of sp³-hybridized carbons (Fsp3) is 0.0769. The van der Waals surface area contributed by atoms with E-state index in [1.807, 2.05) is 0 Å². The zero-order chi connectivity index (χ0) is 13.1. The first kappa shape index (κ1) is 12.6. The molecular formula is C13H10ClF2NO. The van der Waals surface area contributed by atoms with E-state index >= 15 is 0 Å². The number of anilines is 1. The van der Waals surface area contributed by atoms with Crippen molar-refractivity contribution in [2.45, 2.75) is 6.61 Å². The predicted molar refractivity (Wildman–Crippen MR) is 66.6 cm³/mol. The summed E-state index contributed by atoms with van der Waals surface area (Å²) in [6.45, 7) is 0.0206. The summed E-state index contributed by atoms with van der Waals surface area (Å²) in [6, 6.07) is 7.75. The Balaban J connectivity index is 2.16. The summed E-state index contributed by atoms with van der Waals surface area (Å²) in [5.74, 6) is -0.671. The first-order chi connectivity index (χ1) is 8.56. The Kier molecular flexibility index (Phi) is 3.67. The monoisotopic (exact) mass is 269 g/mol. The van der Waals surface area contributed by atoms with E-state index in [1.165, 1.54) is 30.3 Å². The summed E-state index contributed by atoms with van der Waals surface area (Å²) in [6.07, 6.45) is 0. The molecule has 0 aliphatic carbocycles. The van der Waals surface area contributed by atoms with Gasteiger partial charge < -0.3 is 10.5 Å². The lowest BCUT2D eigenvalue weighted by molar-refractivity contribution is 0.305. The van der Waals surface area contributed by atoms with Gasteiger partial charge in [-0.25, -0.2) is 8.78 Å². The molecule has 0 saturated carbocycles. The lowest BCUT2D eigenvalue weighted by Gasteiger charge is -2.10. The lowest BCUT2D eigenvalue weighted by Crippen LogP contribution is -2.01. The van der Waals surface area contributed by atoms with Gasteiger partial charge in [0.1, 0.15) is 24.0 Å². The van der Waals surface area contributed by atoms with Crippen LogP contribution < -0.4 is 10.5 Å². The summed E-state index contributed by atoms with van der Waals surface area (Å²) >= 11 is 5.84. The second-order valence-electron chi connectivity index (χ2n) is 3.71. The van der Waals surface area contributed by atoms with Crippen molar-refractivity contribution >= 4 is 17.3 Å². The van der Waals surface area contributed by atoms with Gasteiger partial charge in [-0.1, -0.05) is 11.6 Å². The largest absolute Gasteiger partial charge is 0.487 e. The fourth-order valence-corrected chi connectivity index (χ4v) is 1.61. The first-order valence-corrected chi connectivity index (χ1v) is 5.56. The van der Waals surface area contributed by atoms with Crippen LogP contribution in [0.2, 0.25) is 5.02 Å². The molecule has 0 spiro atoms. The van der Waals surface area contributed by atoms with Crippen LogP contribution in [0.15, 0.2) is 36.4 Å². The van der Waals surface area contributed by atoms with Crippen LogP contribution in [0.3, 0.4) is 0 Å². The van der Waals surface area contributed by atoms with Gasteiger partial charge in [-0.3, -0.25) is 0 Å². The molecule has 0 aliphatic heterocycles. The van der Waals surface area contributed by atoms with E-state index in [9.17, 15) is 8.78 Å². The van der Waals surface area contributed by atoms with Gasteiger partial charge in [-0.2, -0.15) is 0 Å². The third-order valence-corrected chi connectivity index (χ3v) is 2.69. The molecule has 0 amide bonds. The van der Waals surface area contributed by atoms with Crippen molar-refractivity contribution in [3.8, 4) is 5.75 Å². The third kappa shape index (κ3) is 2.90. The zero-order valence-corrected chi connectivity index (χ0v) is 10.0. The van der Waals surface area contributed by atoms with Crippen LogP contribution in [0, 0.1) is 11.6 Å². The van der Waals surface area contributed by atoms with E-state index in [1.54, 1.807) is 0 Å². The molecule has 0 aliphatic rings. The summed E-state index contributed by atoms with van der Waals surface area (Å²) in [4.78, 5) is 0. The molecule has 0 saturated heterocycles. The molecule has 2 aromatic carbocycles. The standard InChI is InChI=1S/C13H10ClF2NO/c14-11-3-1-10(16)6-13(11)18-7-8-5-9(15)2-4-12(8)17/h1-6H,7,17H2. The number of hydrogen-bond acceptors (Lipinski definition) is 2. The van der Waals surface area contributed by atoms with Crippen molar-refractivity contribution in [1.82, 2.24) is 0 Å². The molecular weight excluding hydrogens is 260 g/mol. The molecule has 18 heavy (non-hydrogen) atoms. The normalized spacial score (nSPS) is 10.4. The van der Waals surface area contributed by atoms with Crippen molar-refractivity contribution in [3.05, 3.63) is 58.6 Å². The molecule has 2 rings (SSSR count). The van der Waals surface area contributed by atoms with Crippen LogP contribution in [-0.4, -0.2) is 0 Å². The molecule has 0 unspecified atom stereocenters. The van der Waals surface area contributed by atoms with E-state index < -0.39 is 11.6 Å². The Morgan fingerprint density at radius 1 is 1.06 bits per heavy atom. The van der Waals surface area contributed by atoms with E-state index in [2.05, 4.69) is 0 Å². The van der Waals surface area contributed by atoms with Crippen LogP contribution in [0.1, 0.15) is 5.56 Å². The lowest BCUT2D eigenvalue weighted by atomic mass is 10.2. The number of rotatable bonds is 3. The van der Waals surface area contributed by atoms with E-state index in [0.29, 0.717) is 11.3 Å². The highest BCUT2D eigenvalue weighted by atomic mass is 35.5. The SMILES string of the molecule is Nc1ccc(F)cc1COc1cc(F)ccc1Cl. The molecule has 0 bridgehead atoms. The number of nitrogens with two attached hydrogens (primary N) is 1. The second-order valence-corrected chi connectivity index (χ2v) is 4.11. The third-order valence-electron chi connectivity index (χ3n) is 2.38. The highest BCUT2D eigenvalue weighted by Crippen LogP contribution is 2.26. The summed E-state index contributed by atoms with van der Waals surface area (Å²) in [7, 11) is 0. The average Bonchev–Trinajstić information content (AvgIpc) is 2.34. The Hall–Kier alpha value is -1.81. The molecule has 94 valence electrons. The van der Waals surface area contributed by atoms with Gasteiger partial charge in [0.2, 0.25) is 0 Å². The minimum atomic E-state index is -0.457. The van der Waals surface area contributed by atoms with Crippen molar-refractivity contribution in [2.24, 2.45) is 0 Å². The van der Waals surface area contributed by atoms with Crippen molar-refractivity contribution < 1.29 is 13.5 Å². The zero-order valence-electron chi connectivity index (χ0n) is 9.29. The number of nitrogen functional groups attached to an aromatic ring is 1. The van der Waals surface area contributed by atoms with Crippen LogP contribution >= 0.6 is 11.6 Å². The number of ether oxygens (including phenoxy) is 1. The first-order valence-electron chi connectivity index (χ1n) is 5.18. The topological polar surface area (TPSA) is 35.2 Å². The Morgan fingerprint density at radius 2 is 1.72 bits per heavy atom. The van der Waals surface area contributed by atoms with E-state index in [4.69, 9.17) is 22.1 Å². The predicted octanol–water partition coefficient (Wildman–Crippen LogP) is 3.78. The molecule has 0 aromatic heterocycles. The van der Waals surface area contributed by atoms with Gasteiger partial charge in [-0.15, -0.1) is 0 Å². The molecule has 2 aromatic rings. The van der Waals surface area contributed by atoms with Gasteiger partial charge in [-0.05, 0) is 30.3 Å². The Labute approximate surface area is 108 Å². The second kappa shape index (κ2) is 5.23. The van der Waals surface area contributed by atoms with Gasteiger partial charge in [0, 0.05) is 17.3 Å². The van der Waals surface area contributed by atoms with Crippen LogP contribution in [0.25, 0.3) is 0 Å². The van der Waals surface area contributed by atoms with E-state index in [-0.39, 0.29) is 17.4 Å². The van der Waals surface area contributed by atoms with Gasteiger partial charge in [0.05, 0.1) is 5.02 Å². The molecule has 0 heterocycles. The highest BCUT2D eigenvalue weighted by molar-refractivity contribution is 6.32. The van der Waals surface area contributed by atoms with Crippen molar-refractivity contribution in [2.75, 3.05) is 5.73 Å². The van der Waals surface area contributed by atoms with Gasteiger partial charge in [0.15, 0.2) is 0 Å². The van der Waals surface area contributed by atoms with Gasteiger partial charge >= 0.3 is 0 Å². The maximum absolute atomic E-state index is 13.0. The fourth-order valence-electron chi connectivity index (χ4n) is 1.44. The Bertz CT molecular complexity index is 523. The smallest absolute Gasteiger partial charge is 0.141 e. The maximum atomic E-state index is 13.0. The molecule has 5 heteroatoms. The van der Waals surface area contributed by atoms with Crippen molar-refractivity contribution in [3.63, 3.8) is 0 Å². The summed E-state index contributed by atoms with van der Waals surface area (Å²) < 4.78 is 31.3. The minimum Gasteiger partial charge on any atom is -0.487 e. The number of benzene rings is 2. The van der Waals surface area contributed by atoms with Crippen LogP contribution in [0.5, 0.6) is 5.75 Å². The molecule has 0 atom stereocenters. The Morgan fingerprint density at radius 3 is 2.50 bits per heavy atom. The molecule has 0 fully saturated rings. The minimum absolute atomic E-state index is 0.0206. The van der Waals surface area contributed by atoms with Crippen LogP contribution in [0.4, 0.5) is 14.5 Å².